The van der Waals surface area contributed by atoms with Gasteiger partial charge in [0.1, 0.15) is 17.6 Å². The van der Waals surface area contributed by atoms with Crippen molar-refractivity contribution in [1.82, 2.24) is 24.9 Å². The summed E-state index contributed by atoms with van der Waals surface area (Å²) < 4.78 is 3.48. The van der Waals surface area contributed by atoms with Crippen LogP contribution in [0.1, 0.15) is 24.2 Å². The minimum atomic E-state index is -0.0652. The molecule has 0 bridgehead atoms. The minimum Gasteiger partial charge on any atom is -0.348 e. The maximum atomic E-state index is 12.3. The summed E-state index contributed by atoms with van der Waals surface area (Å²) in [6.45, 7) is 4.08. The second-order valence-corrected chi connectivity index (χ2v) is 5.44. The highest BCUT2D eigenvalue weighted by atomic mass is 16.2. The lowest BCUT2D eigenvalue weighted by Gasteiger charge is -2.14. The zero-order chi connectivity index (χ0) is 15.7. The third-order valence-electron chi connectivity index (χ3n) is 3.78. The van der Waals surface area contributed by atoms with Crippen LogP contribution in [0.15, 0.2) is 36.5 Å². The molecule has 3 aromatic rings. The van der Waals surface area contributed by atoms with Gasteiger partial charge in [-0.3, -0.25) is 14.2 Å². The molecule has 0 aliphatic heterocycles. The molecule has 1 unspecified atom stereocenters. The Kier molecular flexibility index (Phi) is 3.66. The van der Waals surface area contributed by atoms with Gasteiger partial charge >= 0.3 is 0 Å². The van der Waals surface area contributed by atoms with Gasteiger partial charge in [0.05, 0.1) is 17.9 Å². The predicted molar refractivity (Wildman–Crippen MR) is 84.2 cm³/mol. The van der Waals surface area contributed by atoms with Gasteiger partial charge in [-0.05, 0) is 19.4 Å². The molecule has 1 atom stereocenters. The van der Waals surface area contributed by atoms with Gasteiger partial charge in [-0.25, -0.2) is 0 Å². The first-order chi connectivity index (χ1) is 10.6. The average molecular weight is 297 g/mol. The smallest absolute Gasteiger partial charge is 0.242 e. The molecule has 0 saturated heterocycles. The van der Waals surface area contributed by atoms with E-state index in [1.54, 1.807) is 15.6 Å². The van der Waals surface area contributed by atoms with Gasteiger partial charge in [0.15, 0.2) is 0 Å². The van der Waals surface area contributed by atoms with E-state index in [9.17, 15) is 4.79 Å². The second-order valence-electron chi connectivity index (χ2n) is 5.44. The van der Waals surface area contributed by atoms with E-state index in [4.69, 9.17) is 0 Å². The maximum Gasteiger partial charge on any atom is 0.242 e. The lowest BCUT2D eigenvalue weighted by molar-refractivity contribution is -0.122. The summed E-state index contributed by atoms with van der Waals surface area (Å²) in [4.78, 5) is 12.3. The molecule has 0 aliphatic rings. The second kappa shape index (κ2) is 5.63. The molecule has 0 fully saturated rings. The number of hydrogen-bond donors (Lipinski definition) is 1. The molecule has 0 saturated carbocycles. The number of benzene rings is 1. The van der Waals surface area contributed by atoms with Crippen molar-refractivity contribution in [3.8, 4) is 0 Å². The molecule has 0 aliphatic carbocycles. The largest absolute Gasteiger partial charge is 0.348 e. The Hall–Kier alpha value is -2.63. The molecular formula is C16H19N5O. The number of carbonyl (C=O) groups is 1. The summed E-state index contributed by atoms with van der Waals surface area (Å²) in [5.41, 5.74) is 3.80. The summed E-state index contributed by atoms with van der Waals surface area (Å²) >= 11 is 0. The molecule has 2 heterocycles. The highest BCUT2D eigenvalue weighted by Crippen LogP contribution is 2.17. The number of nitrogens with one attached hydrogen (secondary N) is 1. The number of nitrogens with zero attached hydrogens (tertiary/aromatic N) is 4. The number of fused-ring (bicyclic) bond motifs is 1. The van der Waals surface area contributed by atoms with Crippen LogP contribution in [0.25, 0.3) is 11.0 Å². The molecule has 1 N–H and O–H groups in total. The van der Waals surface area contributed by atoms with Gasteiger partial charge in [0.25, 0.3) is 0 Å². The van der Waals surface area contributed by atoms with Crippen molar-refractivity contribution in [3.63, 3.8) is 0 Å². The number of hydrogen-bond acceptors (Lipinski definition) is 3. The lowest BCUT2D eigenvalue weighted by Crippen LogP contribution is -2.30. The summed E-state index contributed by atoms with van der Waals surface area (Å²) in [5.74, 6) is -0.0652. The molecule has 1 amide bonds. The molecule has 114 valence electrons. The van der Waals surface area contributed by atoms with E-state index in [0.717, 1.165) is 22.3 Å². The van der Waals surface area contributed by atoms with Crippen LogP contribution in [0.2, 0.25) is 0 Å². The zero-order valence-electron chi connectivity index (χ0n) is 12.9. The van der Waals surface area contributed by atoms with Crippen molar-refractivity contribution in [2.45, 2.75) is 26.4 Å². The number of rotatable bonds is 4. The zero-order valence-corrected chi connectivity index (χ0v) is 12.9. The molecule has 3 rings (SSSR count). The first-order valence-corrected chi connectivity index (χ1v) is 7.25. The fourth-order valence-corrected chi connectivity index (χ4v) is 2.68. The quantitative estimate of drug-likeness (QED) is 0.800. The Bertz CT molecular complexity index is 803. The van der Waals surface area contributed by atoms with Gasteiger partial charge in [-0.2, -0.15) is 10.2 Å². The molecule has 2 aromatic heterocycles. The van der Waals surface area contributed by atoms with E-state index >= 15 is 0 Å². The van der Waals surface area contributed by atoms with E-state index in [2.05, 4.69) is 15.5 Å². The molecule has 0 radical (unpaired) electrons. The van der Waals surface area contributed by atoms with Crippen LogP contribution >= 0.6 is 0 Å². The fourth-order valence-electron chi connectivity index (χ4n) is 2.68. The van der Waals surface area contributed by atoms with Crippen LogP contribution in [-0.2, 0) is 18.4 Å². The third kappa shape index (κ3) is 2.59. The van der Waals surface area contributed by atoms with Crippen LogP contribution < -0.4 is 5.32 Å². The highest BCUT2D eigenvalue weighted by Gasteiger charge is 2.15. The molecule has 6 heteroatoms. The van der Waals surface area contributed by atoms with Crippen LogP contribution in [0, 0.1) is 6.92 Å². The summed E-state index contributed by atoms with van der Waals surface area (Å²) in [7, 11) is 1.87. The normalized spacial score (nSPS) is 12.5. The number of aromatic nitrogens is 4. The van der Waals surface area contributed by atoms with E-state index in [-0.39, 0.29) is 18.5 Å². The first kappa shape index (κ1) is 14.3. The van der Waals surface area contributed by atoms with Gasteiger partial charge in [0, 0.05) is 7.05 Å². The summed E-state index contributed by atoms with van der Waals surface area (Å²) in [6, 6.07) is 9.87. The van der Waals surface area contributed by atoms with Crippen LogP contribution in [0.5, 0.6) is 0 Å². The Morgan fingerprint density at radius 1 is 1.32 bits per heavy atom. The van der Waals surface area contributed by atoms with Gasteiger partial charge < -0.3 is 5.32 Å². The van der Waals surface area contributed by atoms with Crippen LogP contribution in [-0.4, -0.2) is 25.5 Å². The average Bonchev–Trinajstić information content (AvgIpc) is 3.03. The monoisotopic (exact) mass is 297 g/mol. The van der Waals surface area contributed by atoms with Crippen molar-refractivity contribution in [1.29, 1.82) is 0 Å². The SMILES string of the molecule is Cc1nn(C)c2cnn(CC(=O)NC(C)c3ccccc3)c12. The fraction of sp³-hybridized carbons (Fsp3) is 0.312. The predicted octanol–water partition coefficient (Wildman–Crippen LogP) is 1.96. The topological polar surface area (TPSA) is 64.7 Å². The standard InChI is InChI=1S/C16H19N5O/c1-11(13-7-5-4-6-8-13)18-15(22)10-21-16-12(2)19-20(3)14(16)9-17-21/h4-9,11H,10H2,1-3H3,(H,18,22). The van der Waals surface area contributed by atoms with Crippen molar-refractivity contribution >= 4 is 16.9 Å². The Balaban J connectivity index is 1.74. The van der Waals surface area contributed by atoms with Crippen molar-refractivity contribution in [2.24, 2.45) is 7.05 Å². The molecular weight excluding hydrogens is 278 g/mol. The van der Waals surface area contributed by atoms with Crippen molar-refractivity contribution in [2.75, 3.05) is 0 Å². The summed E-state index contributed by atoms with van der Waals surface area (Å²) in [6.07, 6.45) is 1.74. The van der Waals surface area contributed by atoms with Crippen molar-refractivity contribution in [3.05, 3.63) is 47.8 Å². The Morgan fingerprint density at radius 2 is 2.05 bits per heavy atom. The lowest BCUT2D eigenvalue weighted by atomic mass is 10.1. The van der Waals surface area contributed by atoms with Gasteiger partial charge in [-0.1, -0.05) is 30.3 Å². The third-order valence-corrected chi connectivity index (χ3v) is 3.78. The van der Waals surface area contributed by atoms with E-state index in [0.29, 0.717) is 0 Å². The van der Waals surface area contributed by atoms with E-state index in [1.807, 2.05) is 51.2 Å². The molecule has 1 aromatic carbocycles. The maximum absolute atomic E-state index is 12.3. The number of aryl methyl sites for hydroxylation is 2. The van der Waals surface area contributed by atoms with Crippen LogP contribution in [0.3, 0.4) is 0 Å². The van der Waals surface area contributed by atoms with E-state index in [1.165, 1.54) is 0 Å². The van der Waals surface area contributed by atoms with Crippen LogP contribution in [0.4, 0.5) is 0 Å². The molecule has 6 nitrogen and oxygen atoms in total. The minimum absolute atomic E-state index is 0.0326. The Morgan fingerprint density at radius 3 is 2.77 bits per heavy atom. The van der Waals surface area contributed by atoms with Gasteiger partial charge in [0.2, 0.25) is 5.91 Å². The Labute approximate surface area is 128 Å². The van der Waals surface area contributed by atoms with E-state index < -0.39 is 0 Å². The van der Waals surface area contributed by atoms with Crippen molar-refractivity contribution < 1.29 is 4.79 Å². The molecule has 22 heavy (non-hydrogen) atoms. The first-order valence-electron chi connectivity index (χ1n) is 7.25. The number of amides is 1. The molecule has 0 spiro atoms. The summed E-state index contributed by atoms with van der Waals surface area (Å²) in [5, 5.41) is 11.6. The van der Waals surface area contributed by atoms with Gasteiger partial charge in [-0.15, -0.1) is 0 Å². The highest BCUT2D eigenvalue weighted by molar-refractivity contribution is 5.81. The number of carbonyl (C=O) groups excluding carboxylic acids is 1.